The molecular weight excluding hydrogens is 316 g/mol. The second-order valence-electron chi connectivity index (χ2n) is 5.58. The fraction of sp³-hybridized carbons (Fsp3) is 0.211. The summed E-state index contributed by atoms with van der Waals surface area (Å²) in [5.74, 6) is 0.578. The maximum atomic E-state index is 12.6. The van der Waals surface area contributed by atoms with Crippen molar-refractivity contribution in [1.82, 2.24) is 14.8 Å². The molecule has 0 radical (unpaired) electrons. The Hall–Kier alpha value is -2.99. The Kier molecular flexibility index (Phi) is 5.20. The molecule has 0 aliphatic carbocycles. The van der Waals surface area contributed by atoms with Gasteiger partial charge in [0, 0.05) is 24.9 Å². The van der Waals surface area contributed by atoms with E-state index in [1.54, 1.807) is 6.33 Å². The summed E-state index contributed by atoms with van der Waals surface area (Å²) in [6.45, 7) is 2.33. The third-order valence-corrected chi connectivity index (χ3v) is 3.80. The van der Waals surface area contributed by atoms with Crippen molar-refractivity contribution in [3.8, 4) is 11.4 Å². The largest absolute Gasteiger partial charge is 0.364 e. The number of hydrogen-bond donors (Lipinski definition) is 1. The van der Waals surface area contributed by atoms with Crippen LogP contribution in [0.3, 0.4) is 0 Å². The molecule has 128 valence electrons. The fourth-order valence-corrected chi connectivity index (χ4v) is 2.57. The summed E-state index contributed by atoms with van der Waals surface area (Å²) in [4.78, 5) is 12.6. The molecule has 25 heavy (non-hydrogen) atoms. The van der Waals surface area contributed by atoms with Crippen LogP contribution in [-0.2, 0) is 16.6 Å². The number of aryl methyl sites for hydroxylation is 1. The van der Waals surface area contributed by atoms with Crippen molar-refractivity contribution in [2.45, 2.75) is 13.0 Å². The van der Waals surface area contributed by atoms with Crippen molar-refractivity contribution in [3.63, 3.8) is 0 Å². The van der Waals surface area contributed by atoms with E-state index in [1.165, 1.54) is 0 Å². The first-order chi connectivity index (χ1) is 12.2. The Labute approximate surface area is 146 Å². The minimum atomic E-state index is -0.635. The van der Waals surface area contributed by atoms with E-state index < -0.39 is 6.10 Å². The van der Waals surface area contributed by atoms with E-state index >= 15 is 0 Å². The lowest BCUT2D eigenvalue weighted by Gasteiger charge is -2.17. The van der Waals surface area contributed by atoms with Gasteiger partial charge < -0.3 is 14.6 Å². The van der Waals surface area contributed by atoms with Crippen molar-refractivity contribution in [3.05, 3.63) is 66.5 Å². The highest BCUT2D eigenvalue weighted by Crippen LogP contribution is 2.22. The smallest absolute Gasteiger partial charge is 0.258 e. The van der Waals surface area contributed by atoms with Crippen LogP contribution in [0.25, 0.3) is 11.4 Å². The van der Waals surface area contributed by atoms with Gasteiger partial charge >= 0.3 is 0 Å². The van der Waals surface area contributed by atoms with E-state index in [4.69, 9.17) is 4.74 Å². The number of anilines is 1. The van der Waals surface area contributed by atoms with Gasteiger partial charge in [0.25, 0.3) is 5.91 Å². The number of rotatable bonds is 6. The van der Waals surface area contributed by atoms with Gasteiger partial charge in [0.2, 0.25) is 0 Å². The third-order valence-electron chi connectivity index (χ3n) is 3.80. The van der Waals surface area contributed by atoms with E-state index in [2.05, 4.69) is 15.5 Å². The van der Waals surface area contributed by atoms with Crippen LogP contribution in [0.1, 0.15) is 18.6 Å². The van der Waals surface area contributed by atoms with Gasteiger partial charge in [-0.1, -0.05) is 30.3 Å². The minimum Gasteiger partial charge on any atom is -0.364 e. The Morgan fingerprint density at radius 1 is 1.16 bits per heavy atom. The molecule has 6 nitrogen and oxygen atoms in total. The van der Waals surface area contributed by atoms with Gasteiger partial charge in [-0.15, -0.1) is 10.2 Å². The lowest BCUT2D eigenvalue weighted by atomic mass is 10.1. The van der Waals surface area contributed by atoms with Crippen molar-refractivity contribution in [1.29, 1.82) is 0 Å². The van der Waals surface area contributed by atoms with E-state index in [9.17, 15) is 4.79 Å². The highest BCUT2D eigenvalue weighted by molar-refractivity contribution is 5.95. The molecule has 1 aromatic heterocycles. The molecule has 1 atom stereocenters. The zero-order valence-corrected chi connectivity index (χ0v) is 14.2. The molecule has 3 aromatic rings. The van der Waals surface area contributed by atoms with Gasteiger partial charge in [0.1, 0.15) is 6.33 Å². The third kappa shape index (κ3) is 3.92. The Bertz CT molecular complexity index is 828. The van der Waals surface area contributed by atoms with Gasteiger partial charge in [0.15, 0.2) is 11.9 Å². The van der Waals surface area contributed by atoms with Gasteiger partial charge in [-0.3, -0.25) is 4.79 Å². The minimum absolute atomic E-state index is 0.195. The predicted molar refractivity (Wildman–Crippen MR) is 95.9 cm³/mol. The quantitative estimate of drug-likeness (QED) is 0.750. The average molecular weight is 336 g/mol. The molecule has 0 bridgehead atoms. The number of nitrogens with one attached hydrogen (secondary N) is 1. The molecule has 1 heterocycles. The maximum absolute atomic E-state index is 12.6. The van der Waals surface area contributed by atoms with Crippen LogP contribution in [0.5, 0.6) is 0 Å². The van der Waals surface area contributed by atoms with E-state index in [0.29, 0.717) is 12.3 Å². The highest BCUT2D eigenvalue weighted by atomic mass is 16.5. The number of ether oxygens (including phenoxy) is 1. The molecule has 2 aromatic carbocycles. The summed E-state index contributed by atoms with van der Waals surface area (Å²) in [5, 5.41) is 10.9. The molecule has 0 aliphatic heterocycles. The van der Waals surface area contributed by atoms with Crippen molar-refractivity contribution < 1.29 is 9.53 Å². The average Bonchev–Trinajstić information content (AvgIpc) is 3.07. The number of amides is 1. The molecule has 1 N–H and O–H groups in total. The van der Waals surface area contributed by atoms with Crippen LogP contribution >= 0.6 is 0 Å². The molecule has 3 rings (SSSR count). The number of carbonyl (C=O) groups is 1. The predicted octanol–water partition coefficient (Wildman–Crippen LogP) is 3.20. The van der Waals surface area contributed by atoms with Crippen LogP contribution in [0, 0.1) is 0 Å². The molecule has 0 saturated carbocycles. The van der Waals surface area contributed by atoms with Crippen LogP contribution in [-0.4, -0.2) is 27.3 Å². The SMILES string of the molecule is CCO[C@@H](C(=O)Nc1ccc(-c2nncn2C)cc1)c1ccccc1. The molecule has 0 spiro atoms. The van der Waals surface area contributed by atoms with Crippen LogP contribution in [0.4, 0.5) is 5.69 Å². The molecule has 0 fully saturated rings. The molecule has 0 saturated heterocycles. The van der Waals surface area contributed by atoms with Crippen molar-refractivity contribution in [2.75, 3.05) is 11.9 Å². The first kappa shape index (κ1) is 16.9. The van der Waals surface area contributed by atoms with Gasteiger partial charge in [0.05, 0.1) is 0 Å². The Morgan fingerprint density at radius 3 is 2.48 bits per heavy atom. The lowest BCUT2D eigenvalue weighted by Crippen LogP contribution is -2.23. The summed E-state index contributed by atoms with van der Waals surface area (Å²) in [7, 11) is 1.89. The van der Waals surface area contributed by atoms with Crippen LogP contribution in [0.2, 0.25) is 0 Å². The highest BCUT2D eigenvalue weighted by Gasteiger charge is 2.20. The Morgan fingerprint density at radius 2 is 1.88 bits per heavy atom. The molecule has 0 aliphatic rings. The number of nitrogens with zero attached hydrogens (tertiary/aromatic N) is 3. The van der Waals surface area contributed by atoms with Crippen molar-refractivity contribution in [2.24, 2.45) is 7.05 Å². The van der Waals surface area contributed by atoms with Gasteiger partial charge in [-0.25, -0.2) is 0 Å². The summed E-state index contributed by atoms with van der Waals surface area (Å²) in [6.07, 6.45) is 1.02. The first-order valence-electron chi connectivity index (χ1n) is 8.11. The summed E-state index contributed by atoms with van der Waals surface area (Å²) in [5.41, 5.74) is 2.47. The van der Waals surface area contributed by atoms with E-state index in [-0.39, 0.29) is 5.91 Å². The maximum Gasteiger partial charge on any atom is 0.258 e. The molecule has 0 unspecified atom stereocenters. The molecule has 1 amide bonds. The number of hydrogen-bond acceptors (Lipinski definition) is 4. The summed E-state index contributed by atoms with van der Waals surface area (Å²) < 4.78 is 7.47. The standard InChI is InChI=1S/C19H20N4O2/c1-3-25-17(14-7-5-4-6-8-14)19(24)21-16-11-9-15(10-12-16)18-22-20-13-23(18)2/h4-13,17H,3H2,1-2H3,(H,21,24)/t17-/m1/s1. The van der Waals surface area contributed by atoms with Crippen LogP contribution in [0.15, 0.2) is 60.9 Å². The number of carbonyl (C=O) groups excluding carboxylic acids is 1. The topological polar surface area (TPSA) is 69.0 Å². The second-order valence-corrected chi connectivity index (χ2v) is 5.58. The van der Waals surface area contributed by atoms with E-state index in [0.717, 1.165) is 17.0 Å². The molecular formula is C19H20N4O2. The summed E-state index contributed by atoms with van der Waals surface area (Å²) >= 11 is 0. The van der Waals surface area contributed by atoms with Crippen molar-refractivity contribution >= 4 is 11.6 Å². The number of benzene rings is 2. The zero-order chi connectivity index (χ0) is 17.6. The lowest BCUT2D eigenvalue weighted by molar-refractivity contribution is -0.127. The van der Waals surface area contributed by atoms with Crippen LogP contribution < -0.4 is 5.32 Å². The fourth-order valence-electron chi connectivity index (χ4n) is 2.57. The zero-order valence-electron chi connectivity index (χ0n) is 14.2. The van der Waals surface area contributed by atoms with Gasteiger partial charge in [-0.2, -0.15) is 0 Å². The Balaban J connectivity index is 1.74. The van der Waals surface area contributed by atoms with Gasteiger partial charge in [-0.05, 0) is 36.8 Å². The molecule has 6 heteroatoms. The number of aromatic nitrogens is 3. The normalized spacial score (nSPS) is 11.9. The second kappa shape index (κ2) is 7.72. The first-order valence-corrected chi connectivity index (χ1v) is 8.11. The monoisotopic (exact) mass is 336 g/mol. The van der Waals surface area contributed by atoms with E-state index in [1.807, 2.05) is 73.1 Å². The summed E-state index contributed by atoms with van der Waals surface area (Å²) in [6, 6.07) is 17.0.